The van der Waals surface area contributed by atoms with E-state index in [2.05, 4.69) is 9.97 Å². The Bertz CT molecular complexity index is 817. The number of carbonyl (C=O) groups excluding carboxylic acids is 2. The van der Waals surface area contributed by atoms with Crippen LogP contribution in [0.15, 0.2) is 0 Å². The molecule has 166 valence electrons. The van der Waals surface area contributed by atoms with Crippen LogP contribution in [0.1, 0.15) is 43.0 Å². The zero-order chi connectivity index (χ0) is 22.1. The third kappa shape index (κ3) is 5.07. The molecule has 0 spiro atoms. The van der Waals surface area contributed by atoms with Crippen molar-refractivity contribution in [1.29, 1.82) is 0 Å². The first-order chi connectivity index (χ1) is 14.1. The Labute approximate surface area is 172 Å². The van der Waals surface area contributed by atoms with Crippen LogP contribution in [0.5, 0.6) is 0 Å². The Kier molecular flexibility index (Phi) is 6.61. The number of aromatic nitrogens is 2. The van der Waals surface area contributed by atoms with Crippen molar-refractivity contribution in [2.45, 2.75) is 58.0 Å². The van der Waals surface area contributed by atoms with Gasteiger partial charge in [0, 0.05) is 44.1 Å². The molecule has 0 radical (unpaired) electrons. The van der Waals surface area contributed by atoms with Gasteiger partial charge in [0.15, 0.2) is 5.69 Å². The first kappa shape index (κ1) is 22.4. The molecule has 30 heavy (non-hydrogen) atoms. The van der Waals surface area contributed by atoms with E-state index in [0.717, 1.165) is 0 Å². The summed E-state index contributed by atoms with van der Waals surface area (Å²) in [6.07, 6.45) is -4.37. The molecule has 0 aliphatic carbocycles. The smallest absolute Gasteiger partial charge is 0.367 e. The second-order valence-corrected chi connectivity index (χ2v) is 7.71. The average Bonchev–Trinajstić information content (AvgIpc) is 2.68. The molecule has 2 aliphatic heterocycles. The SMILES string of the molecule is CCc1nc2c(c(C(F)(F)F)n1)CCN(C(=O)C[C@H](N)CN1C[C@H](C)OCC1=O)C2. The topological polar surface area (TPSA) is 102 Å². The van der Waals surface area contributed by atoms with Crippen LogP contribution < -0.4 is 5.73 Å². The largest absolute Gasteiger partial charge is 0.433 e. The Hall–Kier alpha value is -2.27. The van der Waals surface area contributed by atoms with E-state index in [-0.39, 0.29) is 80.5 Å². The van der Waals surface area contributed by atoms with Gasteiger partial charge < -0.3 is 20.3 Å². The van der Waals surface area contributed by atoms with Crippen LogP contribution in [0.4, 0.5) is 13.2 Å². The highest BCUT2D eigenvalue weighted by Gasteiger charge is 2.39. The summed E-state index contributed by atoms with van der Waals surface area (Å²) in [7, 11) is 0. The predicted octanol–water partition coefficient (Wildman–Crippen LogP) is 0.907. The molecule has 1 saturated heterocycles. The van der Waals surface area contributed by atoms with Gasteiger partial charge in [0.05, 0.1) is 18.3 Å². The van der Waals surface area contributed by atoms with Gasteiger partial charge in [-0.1, -0.05) is 6.92 Å². The number of morpholine rings is 1. The van der Waals surface area contributed by atoms with E-state index in [1.165, 1.54) is 4.90 Å². The lowest BCUT2D eigenvalue weighted by Crippen LogP contribution is -2.51. The summed E-state index contributed by atoms with van der Waals surface area (Å²) in [5.41, 5.74) is 5.47. The molecule has 0 bridgehead atoms. The molecule has 2 N–H and O–H groups in total. The van der Waals surface area contributed by atoms with E-state index >= 15 is 0 Å². The quantitative estimate of drug-likeness (QED) is 0.747. The predicted molar refractivity (Wildman–Crippen MR) is 100 cm³/mol. The van der Waals surface area contributed by atoms with E-state index in [0.29, 0.717) is 6.54 Å². The summed E-state index contributed by atoms with van der Waals surface area (Å²) in [4.78, 5) is 35.6. The third-order valence-electron chi connectivity index (χ3n) is 5.26. The van der Waals surface area contributed by atoms with Crippen molar-refractivity contribution in [3.63, 3.8) is 0 Å². The van der Waals surface area contributed by atoms with E-state index < -0.39 is 17.9 Å². The summed E-state index contributed by atoms with van der Waals surface area (Å²) in [6, 6.07) is -0.574. The first-order valence-electron chi connectivity index (χ1n) is 9.97. The van der Waals surface area contributed by atoms with Crippen molar-refractivity contribution in [3.8, 4) is 0 Å². The number of hydrogen-bond acceptors (Lipinski definition) is 6. The Balaban J connectivity index is 1.66. The number of carbonyl (C=O) groups is 2. The Morgan fingerprint density at radius 1 is 1.37 bits per heavy atom. The number of amides is 2. The van der Waals surface area contributed by atoms with Gasteiger partial charge in [0.2, 0.25) is 11.8 Å². The van der Waals surface area contributed by atoms with Crippen molar-refractivity contribution in [2.24, 2.45) is 5.73 Å². The molecule has 1 aromatic heterocycles. The Morgan fingerprint density at radius 2 is 2.10 bits per heavy atom. The van der Waals surface area contributed by atoms with Gasteiger partial charge in [-0.2, -0.15) is 13.2 Å². The molecule has 0 aromatic carbocycles. The molecule has 0 unspecified atom stereocenters. The lowest BCUT2D eigenvalue weighted by atomic mass is 10.0. The second-order valence-electron chi connectivity index (χ2n) is 7.71. The summed E-state index contributed by atoms with van der Waals surface area (Å²) >= 11 is 0. The van der Waals surface area contributed by atoms with Gasteiger partial charge in [-0.05, 0) is 13.3 Å². The third-order valence-corrected chi connectivity index (χ3v) is 5.26. The van der Waals surface area contributed by atoms with Gasteiger partial charge >= 0.3 is 6.18 Å². The number of hydrogen-bond donors (Lipinski definition) is 1. The van der Waals surface area contributed by atoms with Gasteiger partial charge in [0.1, 0.15) is 12.4 Å². The van der Waals surface area contributed by atoms with E-state index in [4.69, 9.17) is 10.5 Å². The second kappa shape index (κ2) is 8.84. The van der Waals surface area contributed by atoms with Crippen molar-refractivity contribution in [1.82, 2.24) is 19.8 Å². The first-order valence-corrected chi connectivity index (χ1v) is 9.97. The maximum absolute atomic E-state index is 13.4. The lowest BCUT2D eigenvalue weighted by Gasteiger charge is -2.34. The Morgan fingerprint density at radius 3 is 2.77 bits per heavy atom. The molecule has 2 amide bonds. The van der Waals surface area contributed by atoms with Crippen LogP contribution >= 0.6 is 0 Å². The maximum Gasteiger partial charge on any atom is 0.433 e. The minimum absolute atomic E-state index is 0.00694. The molecule has 2 atom stereocenters. The van der Waals surface area contributed by atoms with Crippen LogP contribution in [-0.4, -0.2) is 70.0 Å². The highest BCUT2D eigenvalue weighted by Crippen LogP contribution is 2.34. The molecule has 0 saturated carbocycles. The molecule has 1 fully saturated rings. The minimum atomic E-state index is -4.56. The highest BCUT2D eigenvalue weighted by atomic mass is 19.4. The summed E-state index contributed by atoms with van der Waals surface area (Å²) in [5.74, 6) is -0.342. The minimum Gasteiger partial charge on any atom is -0.367 e. The fourth-order valence-electron chi connectivity index (χ4n) is 3.73. The average molecular weight is 429 g/mol. The number of fused-ring (bicyclic) bond motifs is 1. The van der Waals surface area contributed by atoms with Crippen molar-refractivity contribution >= 4 is 11.8 Å². The number of halogens is 3. The number of aryl methyl sites for hydroxylation is 1. The molecule has 3 rings (SSSR count). The van der Waals surface area contributed by atoms with Crippen molar-refractivity contribution in [2.75, 3.05) is 26.2 Å². The fraction of sp³-hybridized carbons (Fsp3) is 0.684. The normalized spacial score (nSPS) is 20.9. The standard InChI is InChI=1S/C19H26F3N5O3/c1-3-15-24-14-9-26(5-4-13(14)18(25-15)19(20,21)22)16(28)6-12(23)8-27-7-11(2)30-10-17(27)29/h11-12H,3-10,23H2,1-2H3/t11-,12-/m0/s1. The summed E-state index contributed by atoms with van der Waals surface area (Å²) in [5, 5.41) is 0. The number of nitrogens with two attached hydrogens (primary N) is 1. The number of rotatable bonds is 5. The van der Waals surface area contributed by atoms with E-state index in [1.54, 1.807) is 11.8 Å². The molecule has 2 aliphatic rings. The van der Waals surface area contributed by atoms with E-state index in [9.17, 15) is 22.8 Å². The van der Waals surface area contributed by atoms with Crippen molar-refractivity contribution in [3.05, 3.63) is 22.8 Å². The number of ether oxygens (including phenoxy) is 1. The number of nitrogens with zero attached hydrogens (tertiary/aromatic N) is 4. The van der Waals surface area contributed by atoms with Crippen LogP contribution in [0.3, 0.4) is 0 Å². The summed E-state index contributed by atoms with van der Waals surface area (Å²) < 4.78 is 45.4. The van der Waals surface area contributed by atoms with Gasteiger partial charge in [-0.25, -0.2) is 9.97 Å². The van der Waals surface area contributed by atoms with Gasteiger partial charge in [-0.3, -0.25) is 9.59 Å². The molecule has 3 heterocycles. The van der Waals surface area contributed by atoms with Crippen LogP contribution in [0.2, 0.25) is 0 Å². The van der Waals surface area contributed by atoms with Crippen LogP contribution in [-0.2, 0) is 39.9 Å². The zero-order valence-electron chi connectivity index (χ0n) is 17.0. The van der Waals surface area contributed by atoms with Gasteiger partial charge in [0.25, 0.3) is 0 Å². The molecule has 11 heteroatoms. The maximum atomic E-state index is 13.4. The fourth-order valence-corrected chi connectivity index (χ4v) is 3.73. The highest BCUT2D eigenvalue weighted by molar-refractivity contribution is 5.79. The molecule has 8 nitrogen and oxygen atoms in total. The van der Waals surface area contributed by atoms with Crippen molar-refractivity contribution < 1.29 is 27.5 Å². The van der Waals surface area contributed by atoms with Gasteiger partial charge in [-0.15, -0.1) is 0 Å². The monoisotopic (exact) mass is 429 g/mol. The summed E-state index contributed by atoms with van der Waals surface area (Å²) in [6.45, 7) is 4.30. The molecular weight excluding hydrogens is 403 g/mol. The number of alkyl halides is 3. The zero-order valence-corrected chi connectivity index (χ0v) is 17.0. The van der Waals surface area contributed by atoms with Crippen LogP contribution in [0.25, 0.3) is 0 Å². The lowest BCUT2D eigenvalue weighted by molar-refractivity contribution is -0.148. The van der Waals surface area contributed by atoms with Crippen LogP contribution in [0, 0.1) is 0 Å². The van der Waals surface area contributed by atoms with E-state index in [1.807, 2.05) is 6.92 Å². The molecule has 1 aromatic rings. The molecular formula is C19H26F3N5O3.